The Labute approximate surface area is 255 Å². The summed E-state index contributed by atoms with van der Waals surface area (Å²) >= 11 is 0. The number of hydrogen-bond acceptors (Lipinski definition) is 3. The van der Waals surface area contributed by atoms with E-state index in [4.69, 9.17) is 4.74 Å². The minimum absolute atomic E-state index is 0. The van der Waals surface area contributed by atoms with E-state index < -0.39 is 0 Å². The minimum Gasteiger partial charge on any atom is -0.367 e. The van der Waals surface area contributed by atoms with E-state index >= 15 is 0 Å². The fraction of sp³-hybridized carbons (Fsp3) is 0.378. The molecule has 2 aromatic carbocycles. The first-order chi connectivity index (χ1) is 19.1. The van der Waals surface area contributed by atoms with Gasteiger partial charge in [-0.25, -0.2) is 0 Å². The summed E-state index contributed by atoms with van der Waals surface area (Å²) in [5.74, 6) is 0. The van der Waals surface area contributed by atoms with E-state index in [1.54, 1.807) is 6.08 Å². The van der Waals surface area contributed by atoms with Crippen LogP contribution < -0.4 is 0 Å². The second kappa shape index (κ2) is 19.2. The fourth-order valence-electron chi connectivity index (χ4n) is 4.79. The number of likely N-dealkylation sites (N-methyl/N-ethyl adjacent to an activating group) is 1. The summed E-state index contributed by atoms with van der Waals surface area (Å²) in [5.41, 5.74) is 7.88. The van der Waals surface area contributed by atoms with Crippen LogP contribution in [-0.2, 0) is 9.53 Å². The number of allylic oxidation sites excluding steroid dienone is 10. The highest BCUT2D eigenvalue weighted by Gasteiger charge is 2.26. The minimum atomic E-state index is 0. The van der Waals surface area contributed by atoms with Crippen molar-refractivity contribution in [2.45, 2.75) is 60.0 Å². The van der Waals surface area contributed by atoms with Crippen LogP contribution in [0.25, 0.3) is 0 Å². The van der Waals surface area contributed by atoms with Gasteiger partial charge in [-0.05, 0) is 87.9 Å². The molecule has 0 amide bonds. The van der Waals surface area contributed by atoms with Crippen LogP contribution in [0, 0.1) is 5.41 Å². The number of carbonyl (C=O) groups excluding carboxylic acids is 1. The van der Waals surface area contributed by atoms with E-state index in [9.17, 15) is 4.79 Å². The van der Waals surface area contributed by atoms with Crippen LogP contribution >= 0.6 is 12.4 Å². The molecule has 0 saturated heterocycles. The molecule has 2 aromatic rings. The summed E-state index contributed by atoms with van der Waals surface area (Å²) in [5, 5.41) is 0. The molecule has 222 valence electrons. The molecule has 0 spiro atoms. The number of ether oxygens (including phenoxy) is 1. The van der Waals surface area contributed by atoms with Crippen molar-refractivity contribution < 1.29 is 9.53 Å². The number of halogens is 1. The monoisotopic (exact) mass is 575 g/mol. The third-order valence-electron chi connectivity index (χ3n) is 7.13. The van der Waals surface area contributed by atoms with E-state index in [-0.39, 0.29) is 23.9 Å². The predicted molar refractivity (Wildman–Crippen MR) is 179 cm³/mol. The molecule has 0 bridgehead atoms. The van der Waals surface area contributed by atoms with E-state index in [1.165, 1.54) is 47.1 Å². The topological polar surface area (TPSA) is 29.5 Å². The molecule has 3 rings (SSSR count). The molecule has 0 atom stereocenters. The summed E-state index contributed by atoms with van der Waals surface area (Å²) in [6, 6.07) is 20.8. The molecule has 4 heteroatoms. The molecule has 3 nitrogen and oxygen atoms in total. The molecule has 0 unspecified atom stereocenters. The molecule has 0 heterocycles. The molecule has 0 aromatic heterocycles. The number of aldehydes is 1. The van der Waals surface area contributed by atoms with Crippen LogP contribution in [0.5, 0.6) is 0 Å². The zero-order valence-corrected chi connectivity index (χ0v) is 26.9. The zero-order chi connectivity index (χ0) is 29.4. The number of nitrogens with zero attached hydrogens (tertiary/aromatic N) is 1. The van der Waals surface area contributed by atoms with Crippen molar-refractivity contribution in [3.8, 4) is 0 Å². The number of benzene rings is 2. The second-order valence-electron chi connectivity index (χ2n) is 11.5. The van der Waals surface area contributed by atoms with Gasteiger partial charge in [-0.3, -0.25) is 4.79 Å². The molecule has 41 heavy (non-hydrogen) atoms. The fourth-order valence-corrected chi connectivity index (χ4v) is 4.79. The molecule has 1 aliphatic rings. The van der Waals surface area contributed by atoms with Crippen molar-refractivity contribution in [2.24, 2.45) is 5.41 Å². The molecular weight excluding hydrogens is 526 g/mol. The Balaban J connectivity index is 0.000000402. The van der Waals surface area contributed by atoms with Gasteiger partial charge in [0.1, 0.15) is 12.4 Å². The van der Waals surface area contributed by atoms with Gasteiger partial charge in [0.15, 0.2) is 0 Å². The van der Waals surface area contributed by atoms with E-state index in [0.29, 0.717) is 0 Å². The van der Waals surface area contributed by atoms with Crippen LogP contribution in [0.4, 0.5) is 0 Å². The Kier molecular flexibility index (Phi) is 16.9. The van der Waals surface area contributed by atoms with Gasteiger partial charge < -0.3 is 9.64 Å². The third-order valence-corrected chi connectivity index (χ3v) is 7.13. The van der Waals surface area contributed by atoms with Crippen molar-refractivity contribution >= 4 is 18.7 Å². The highest BCUT2D eigenvalue weighted by molar-refractivity contribution is 5.85. The first-order valence-electron chi connectivity index (χ1n) is 14.4. The SMILES string of the molecule is CC1=C(/C=C/C(C)=C/C=C/C(C)=C/C=O)C(C)(C)CCC1.CN(C)CCOC(c1ccccc1)c1ccccc1.Cl. The summed E-state index contributed by atoms with van der Waals surface area (Å²) < 4.78 is 6.08. The Morgan fingerprint density at radius 2 is 1.49 bits per heavy atom. The number of hydrogen-bond donors (Lipinski definition) is 0. The molecular formula is C37H50ClNO2. The Morgan fingerprint density at radius 3 is 2.00 bits per heavy atom. The highest BCUT2D eigenvalue weighted by atomic mass is 35.5. The van der Waals surface area contributed by atoms with Crippen LogP contribution in [0.1, 0.15) is 71.1 Å². The van der Waals surface area contributed by atoms with Gasteiger partial charge in [-0.15, -0.1) is 12.4 Å². The van der Waals surface area contributed by atoms with Gasteiger partial charge >= 0.3 is 0 Å². The number of rotatable bonds is 11. The first kappa shape index (κ1) is 36.0. The maximum atomic E-state index is 10.3. The van der Waals surface area contributed by atoms with Gasteiger partial charge in [0.05, 0.1) is 6.61 Å². The third kappa shape index (κ3) is 13.5. The Hall–Kier alpha value is -2.98. The highest BCUT2D eigenvalue weighted by Crippen LogP contribution is 2.40. The second-order valence-corrected chi connectivity index (χ2v) is 11.5. The summed E-state index contributed by atoms with van der Waals surface area (Å²) in [6.45, 7) is 12.6. The predicted octanol–water partition coefficient (Wildman–Crippen LogP) is 9.49. The summed E-state index contributed by atoms with van der Waals surface area (Å²) in [6.07, 6.45) is 16.7. The molecule has 0 saturated carbocycles. The molecule has 0 aliphatic heterocycles. The van der Waals surface area contributed by atoms with Gasteiger partial charge in [0.2, 0.25) is 0 Å². The van der Waals surface area contributed by atoms with Gasteiger partial charge in [0.25, 0.3) is 0 Å². The van der Waals surface area contributed by atoms with E-state index in [1.807, 2.05) is 31.2 Å². The van der Waals surface area contributed by atoms with Crippen LogP contribution in [-0.4, -0.2) is 38.4 Å². The maximum Gasteiger partial charge on any atom is 0.143 e. The number of carbonyl (C=O) groups is 1. The smallest absolute Gasteiger partial charge is 0.143 e. The Bertz CT molecular complexity index is 1150. The van der Waals surface area contributed by atoms with Crippen molar-refractivity contribution in [3.63, 3.8) is 0 Å². The normalized spacial score (nSPS) is 15.7. The van der Waals surface area contributed by atoms with Gasteiger partial charge in [-0.1, -0.05) is 116 Å². The average Bonchev–Trinajstić information content (AvgIpc) is 2.92. The molecule has 0 radical (unpaired) electrons. The van der Waals surface area contributed by atoms with Crippen molar-refractivity contribution in [1.29, 1.82) is 0 Å². The van der Waals surface area contributed by atoms with Crippen molar-refractivity contribution in [1.82, 2.24) is 4.90 Å². The molecule has 0 fully saturated rings. The molecule has 1 aliphatic carbocycles. The largest absolute Gasteiger partial charge is 0.367 e. The van der Waals surface area contributed by atoms with E-state index in [2.05, 4.69) is 113 Å². The quantitative estimate of drug-likeness (QED) is 0.152. The van der Waals surface area contributed by atoms with Crippen molar-refractivity contribution in [3.05, 3.63) is 131 Å². The van der Waals surface area contributed by atoms with Gasteiger partial charge in [-0.2, -0.15) is 0 Å². The summed E-state index contributed by atoms with van der Waals surface area (Å²) in [7, 11) is 4.12. The lowest BCUT2D eigenvalue weighted by Gasteiger charge is -2.32. The van der Waals surface area contributed by atoms with Crippen molar-refractivity contribution in [2.75, 3.05) is 27.2 Å². The maximum absolute atomic E-state index is 10.3. The van der Waals surface area contributed by atoms with E-state index in [0.717, 1.165) is 25.0 Å². The Morgan fingerprint density at radius 1 is 0.927 bits per heavy atom. The van der Waals surface area contributed by atoms with Crippen LogP contribution in [0.3, 0.4) is 0 Å². The lowest BCUT2D eigenvalue weighted by molar-refractivity contribution is -0.104. The van der Waals surface area contributed by atoms with Crippen LogP contribution in [0.2, 0.25) is 0 Å². The molecule has 0 N–H and O–H groups in total. The standard InChI is InChI=1S/C20H28O.C17H21NO.ClH/c1-16(8-6-9-17(2)13-15-21)11-12-19-18(3)10-7-14-20(19,4)5;1-18(2)13-14-19-17(15-9-5-3-6-10-15)16-11-7-4-8-12-16;/h6,8-9,11-13,15H,7,10,14H2,1-5H3;3-12,17H,13-14H2,1-2H3;1H/b9-6+,12-11+,16-8+,17-13+;;. The van der Waals surface area contributed by atoms with Gasteiger partial charge in [0, 0.05) is 6.54 Å². The lowest BCUT2D eigenvalue weighted by atomic mass is 9.72. The zero-order valence-electron chi connectivity index (χ0n) is 26.1. The van der Waals surface area contributed by atoms with Crippen LogP contribution in [0.15, 0.2) is 119 Å². The first-order valence-corrected chi connectivity index (χ1v) is 14.4. The average molecular weight is 576 g/mol. The summed E-state index contributed by atoms with van der Waals surface area (Å²) in [4.78, 5) is 12.5. The lowest BCUT2D eigenvalue weighted by Crippen LogP contribution is -2.20.